The average Bonchev–Trinajstić information content (AvgIpc) is 2.68. The number of aliphatic hydroxyl groups is 1. The van der Waals surface area contributed by atoms with Gasteiger partial charge in [-0.25, -0.2) is 0 Å². The Kier molecular flexibility index (Phi) is 2.50. The number of nitrogens with one attached hydrogen (secondary N) is 1. The standard InChI is InChI=1S/C13H16N2O/c16-8-9-3-4-14-13(5-9)10-6-11-1-2-12(7-10)15-11/h3-6,11-12,15-16H,1-2,7-8H2. The van der Waals surface area contributed by atoms with Crippen molar-refractivity contribution in [3.05, 3.63) is 35.7 Å². The average molecular weight is 216 g/mol. The summed E-state index contributed by atoms with van der Waals surface area (Å²) >= 11 is 0. The Hall–Kier alpha value is -1.19. The Morgan fingerprint density at radius 3 is 3.19 bits per heavy atom. The van der Waals surface area contributed by atoms with Crippen molar-refractivity contribution in [3.8, 4) is 0 Å². The highest BCUT2D eigenvalue weighted by molar-refractivity contribution is 5.65. The lowest BCUT2D eigenvalue weighted by molar-refractivity contribution is 0.281. The molecule has 2 aliphatic heterocycles. The molecular formula is C13H16N2O. The van der Waals surface area contributed by atoms with Crippen LogP contribution in [0.4, 0.5) is 0 Å². The van der Waals surface area contributed by atoms with Crippen LogP contribution in [0.3, 0.4) is 0 Å². The second-order valence-corrected chi connectivity index (χ2v) is 4.65. The summed E-state index contributed by atoms with van der Waals surface area (Å²) in [5.74, 6) is 0. The molecule has 0 aromatic carbocycles. The fourth-order valence-electron chi connectivity index (χ4n) is 2.66. The van der Waals surface area contributed by atoms with Crippen molar-refractivity contribution in [3.63, 3.8) is 0 Å². The van der Waals surface area contributed by atoms with Gasteiger partial charge in [-0.2, -0.15) is 0 Å². The van der Waals surface area contributed by atoms with Crippen molar-refractivity contribution in [2.75, 3.05) is 0 Å². The van der Waals surface area contributed by atoms with Crippen molar-refractivity contribution in [1.29, 1.82) is 0 Å². The minimum atomic E-state index is 0.0912. The maximum absolute atomic E-state index is 9.12. The molecule has 84 valence electrons. The molecule has 3 heteroatoms. The van der Waals surface area contributed by atoms with Gasteiger partial charge in [-0.3, -0.25) is 4.98 Å². The number of hydrogen-bond acceptors (Lipinski definition) is 3. The van der Waals surface area contributed by atoms with E-state index in [1.807, 2.05) is 12.1 Å². The van der Waals surface area contributed by atoms with E-state index in [0.29, 0.717) is 12.1 Å². The number of pyridine rings is 1. The van der Waals surface area contributed by atoms with E-state index in [-0.39, 0.29) is 6.61 Å². The fourth-order valence-corrected chi connectivity index (χ4v) is 2.66. The highest BCUT2D eigenvalue weighted by atomic mass is 16.3. The first kappa shape index (κ1) is 10.00. The third kappa shape index (κ3) is 1.77. The van der Waals surface area contributed by atoms with E-state index in [9.17, 15) is 0 Å². The summed E-state index contributed by atoms with van der Waals surface area (Å²) in [5, 5.41) is 12.7. The molecule has 2 unspecified atom stereocenters. The van der Waals surface area contributed by atoms with Crippen LogP contribution in [0.1, 0.15) is 30.5 Å². The van der Waals surface area contributed by atoms with E-state index < -0.39 is 0 Å². The van der Waals surface area contributed by atoms with Gasteiger partial charge in [0.2, 0.25) is 0 Å². The highest BCUT2D eigenvalue weighted by Crippen LogP contribution is 2.31. The van der Waals surface area contributed by atoms with Crippen molar-refractivity contribution in [1.82, 2.24) is 10.3 Å². The second kappa shape index (κ2) is 4.00. The molecule has 2 aliphatic rings. The van der Waals surface area contributed by atoms with Crippen molar-refractivity contribution in [2.45, 2.75) is 38.0 Å². The van der Waals surface area contributed by atoms with E-state index >= 15 is 0 Å². The molecule has 2 bridgehead atoms. The van der Waals surface area contributed by atoms with Crippen LogP contribution in [0.2, 0.25) is 0 Å². The minimum absolute atomic E-state index is 0.0912. The Labute approximate surface area is 95.2 Å². The van der Waals surface area contributed by atoms with Crippen LogP contribution in [0.25, 0.3) is 5.57 Å². The molecule has 1 aromatic rings. The normalized spacial score (nSPS) is 27.9. The van der Waals surface area contributed by atoms with Crippen LogP contribution in [0, 0.1) is 0 Å². The molecule has 3 heterocycles. The number of hydrogen-bond donors (Lipinski definition) is 2. The van der Waals surface area contributed by atoms with E-state index in [1.54, 1.807) is 6.20 Å². The van der Waals surface area contributed by atoms with E-state index in [1.165, 1.54) is 18.4 Å². The lowest BCUT2D eigenvalue weighted by atomic mass is 9.99. The lowest BCUT2D eigenvalue weighted by Gasteiger charge is -2.21. The van der Waals surface area contributed by atoms with Crippen molar-refractivity contribution < 1.29 is 5.11 Å². The van der Waals surface area contributed by atoms with Crippen molar-refractivity contribution in [2.24, 2.45) is 0 Å². The molecule has 3 nitrogen and oxygen atoms in total. The molecule has 3 rings (SSSR count). The zero-order chi connectivity index (χ0) is 11.0. The first-order valence-electron chi connectivity index (χ1n) is 5.88. The molecule has 0 aliphatic carbocycles. The Balaban J connectivity index is 1.91. The van der Waals surface area contributed by atoms with Gasteiger partial charge < -0.3 is 10.4 Å². The molecule has 2 N–H and O–H groups in total. The maximum Gasteiger partial charge on any atom is 0.0683 e. The fraction of sp³-hybridized carbons (Fsp3) is 0.462. The van der Waals surface area contributed by atoms with Gasteiger partial charge in [0.05, 0.1) is 12.3 Å². The summed E-state index contributed by atoms with van der Waals surface area (Å²) in [7, 11) is 0. The summed E-state index contributed by atoms with van der Waals surface area (Å²) < 4.78 is 0. The van der Waals surface area contributed by atoms with Crippen LogP contribution >= 0.6 is 0 Å². The number of aromatic nitrogens is 1. The summed E-state index contributed by atoms with van der Waals surface area (Å²) in [6.07, 6.45) is 7.66. The molecule has 1 aromatic heterocycles. The van der Waals surface area contributed by atoms with Gasteiger partial charge in [0.1, 0.15) is 0 Å². The summed E-state index contributed by atoms with van der Waals surface area (Å²) in [5.41, 5.74) is 3.31. The van der Waals surface area contributed by atoms with Crippen molar-refractivity contribution >= 4 is 5.57 Å². The highest BCUT2D eigenvalue weighted by Gasteiger charge is 2.28. The molecule has 0 radical (unpaired) electrons. The molecule has 2 atom stereocenters. The first-order chi connectivity index (χ1) is 7.85. The Morgan fingerprint density at radius 1 is 1.44 bits per heavy atom. The van der Waals surface area contributed by atoms with Gasteiger partial charge >= 0.3 is 0 Å². The number of rotatable bonds is 2. The predicted octanol–water partition coefficient (Wildman–Crippen LogP) is 1.48. The quantitative estimate of drug-likeness (QED) is 0.787. The van der Waals surface area contributed by atoms with Gasteiger partial charge in [-0.1, -0.05) is 6.08 Å². The summed E-state index contributed by atoms with van der Waals surface area (Å²) in [6.45, 7) is 0.0912. The van der Waals surface area contributed by atoms with Gasteiger partial charge in [-0.15, -0.1) is 0 Å². The topological polar surface area (TPSA) is 45.2 Å². The van der Waals surface area contributed by atoms with Crippen LogP contribution < -0.4 is 5.32 Å². The number of nitrogens with zero attached hydrogens (tertiary/aromatic N) is 1. The molecule has 1 fully saturated rings. The lowest BCUT2D eigenvalue weighted by Crippen LogP contribution is -2.32. The van der Waals surface area contributed by atoms with Gasteiger partial charge in [0, 0.05) is 18.3 Å². The van der Waals surface area contributed by atoms with Crippen LogP contribution in [-0.4, -0.2) is 22.2 Å². The maximum atomic E-state index is 9.12. The molecule has 16 heavy (non-hydrogen) atoms. The second-order valence-electron chi connectivity index (χ2n) is 4.65. The molecule has 0 amide bonds. The zero-order valence-electron chi connectivity index (χ0n) is 9.19. The summed E-state index contributed by atoms with van der Waals surface area (Å²) in [4.78, 5) is 4.40. The van der Waals surface area contributed by atoms with E-state index in [0.717, 1.165) is 17.7 Å². The zero-order valence-corrected chi connectivity index (χ0v) is 9.19. The SMILES string of the molecule is OCc1ccnc(C2=CC3CCC(C2)N3)c1. The van der Waals surface area contributed by atoms with E-state index in [2.05, 4.69) is 16.4 Å². The van der Waals surface area contributed by atoms with Crippen LogP contribution in [0.15, 0.2) is 24.4 Å². The third-order valence-electron chi connectivity index (χ3n) is 3.48. The van der Waals surface area contributed by atoms with Gasteiger partial charge in [0.15, 0.2) is 0 Å². The minimum Gasteiger partial charge on any atom is -0.392 e. The molecule has 0 saturated carbocycles. The van der Waals surface area contributed by atoms with Gasteiger partial charge in [0.25, 0.3) is 0 Å². The first-order valence-corrected chi connectivity index (χ1v) is 5.88. The van der Waals surface area contributed by atoms with Gasteiger partial charge in [-0.05, 0) is 42.5 Å². The smallest absolute Gasteiger partial charge is 0.0683 e. The van der Waals surface area contributed by atoms with Crippen LogP contribution in [-0.2, 0) is 6.61 Å². The molecule has 0 spiro atoms. The Morgan fingerprint density at radius 2 is 2.38 bits per heavy atom. The monoisotopic (exact) mass is 216 g/mol. The largest absolute Gasteiger partial charge is 0.392 e. The molecular weight excluding hydrogens is 200 g/mol. The Bertz CT molecular complexity index is 428. The van der Waals surface area contributed by atoms with Crippen LogP contribution in [0.5, 0.6) is 0 Å². The number of aliphatic hydroxyl groups excluding tert-OH is 1. The summed E-state index contributed by atoms with van der Waals surface area (Å²) in [6, 6.07) is 5.02. The molecule has 1 saturated heterocycles. The van der Waals surface area contributed by atoms with E-state index in [4.69, 9.17) is 5.11 Å². The number of fused-ring (bicyclic) bond motifs is 2. The predicted molar refractivity (Wildman–Crippen MR) is 62.7 cm³/mol. The third-order valence-corrected chi connectivity index (χ3v) is 3.48.